The second kappa shape index (κ2) is 7.77. The predicted octanol–water partition coefficient (Wildman–Crippen LogP) is 1.95. The van der Waals surface area contributed by atoms with Crippen LogP contribution in [0.25, 0.3) is 0 Å². The fraction of sp³-hybridized carbons (Fsp3) is 0.857. The van der Waals surface area contributed by atoms with E-state index in [4.69, 9.17) is 4.74 Å². The molecule has 0 atom stereocenters. The van der Waals surface area contributed by atoms with Gasteiger partial charge in [-0.3, -0.25) is 0 Å². The van der Waals surface area contributed by atoms with Crippen molar-refractivity contribution >= 4 is 23.9 Å². The van der Waals surface area contributed by atoms with E-state index in [9.17, 15) is 9.59 Å². The van der Waals surface area contributed by atoms with Gasteiger partial charge in [0.15, 0.2) is 0 Å². The van der Waals surface area contributed by atoms with Crippen LogP contribution in [0, 0.1) is 0 Å². The Labute approximate surface area is 131 Å². The average Bonchev–Trinajstić information content (AvgIpc) is 2.42. The van der Waals surface area contributed by atoms with Crippen LogP contribution in [0.4, 0.5) is 9.59 Å². The van der Waals surface area contributed by atoms with Crippen LogP contribution in [-0.4, -0.2) is 84.2 Å². The minimum Gasteiger partial charge on any atom is -0.444 e. The second-order valence-electron chi connectivity index (χ2n) is 6.21. The SMILES string of the molecule is CN(CCN(C)C(=O)N1CCSCC1)C(=O)OC(C)(C)C. The number of thioether (sulfide) groups is 1. The van der Waals surface area contributed by atoms with E-state index in [2.05, 4.69) is 0 Å². The van der Waals surface area contributed by atoms with Gasteiger partial charge in [0.2, 0.25) is 0 Å². The molecule has 1 aliphatic rings. The van der Waals surface area contributed by atoms with Gasteiger partial charge < -0.3 is 19.4 Å². The Morgan fingerprint density at radius 3 is 2.14 bits per heavy atom. The van der Waals surface area contributed by atoms with Crippen molar-refractivity contribution in [3.8, 4) is 0 Å². The summed E-state index contributed by atoms with van der Waals surface area (Å²) >= 11 is 1.87. The van der Waals surface area contributed by atoms with Crippen molar-refractivity contribution in [3.05, 3.63) is 0 Å². The van der Waals surface area contributed by atoms with E-state index in [0.717, 1.165) is 24.6 Å². The van der Waals surface area contributed by atoms with Gasteiger partial charge in [0.25, 0.3) is 0 Å². The molecule has 0 aromatic heterocycles. The van der Waals surface area contributed by atoms with Gasteiger partial charge in [-0.15, -0.1) is 0 Å². The number of urea groups is 1. The van der Waals surface area contributed by atoms with E-state index in [0.29, 0.717) is 13.1 Å². The summed E-state index contributed by atoms with van der Waals surface area (Å²) in [7, 11) is 3.46. The molecule has 6 nitrogen and oxygen atoms in total. The number of carbonyl (C=O) groups excluding carboxylic acids is 2. The Morgan fingerprint density at radius 1 is 1.10 bits per heavy atom. The zero-order valence-electron chi connectivity index (χ0n) is 13.7. The summed E-state index contributed by atoms with van der Waals surface area (Å²) < 4.78 is 5.28. The highest BCUT2D eigenvalue weighted by atomic mass is 32.2. The van der Waals surface area contributed by atoms with Crippen molar-refractivity contribution in [2.75, 3.05) is 51.8 Å². The van der Waals surface area contributed by atoms with Gasteiger partial charge >= 0.3 is 12.1 Å². The molecule has 21 heavy (non-hydrogen) atoms. The van der Waals surface area contributed by atoms with E-state index in [1.54, 1.807) is 19.0 Å². The van der Waals surface area contributed by atoms with Crippen LogP contribution in [-0.2, 0) is 4.74 Å². The Kier molecular flexibility index (Phi) is 6.64. The normalized spacial score (nSPS) is 15.6. The van der Waals surface area contributed by atoms with Gasteiger partial charge in [0.05, 0.1) is 0 Å². The fourth-order valence-corrected chi connectivity index (χ4v) is 2.73. The van der Waals surface area contributed by atoms with E-state index >= 15 is 0 Å². The van der Waals surface area contributed by atoms with E-state index < -0.39 is 5.60 Å². The average molecular weight is 317 g/mol. The molecule has 1 saturated heterocycles. The van der Waals surface area contributed by atoms with Crippen LogP contribution < -0.4 is 0 Å². The summed E-state index contributed by atoms with van der Waals surface area (Å²) in [5, 5.41) is 0. The lowest BCUT2D eigenvalue weighted by molar-refractivity contribution is 0.0288. The van der Waals surface area contributed by atoms with Crippen molar-refractivity contribution in [1.29, 1.82) is 0 Å². The number of ether oxygens (including phenoxy) is 1. The maximum Gasteiger partial charge on any atom is 0.410 e. The molecular formula is C14H27N3O3S. The van der Waals surface area contributed by atoms with Crippen molar-refractivity contribution in [1.82, 2.24) is 14.7 Å². The molecule has 1 rings (SSSR count). The zero-order chi connectivity index (χ0) is 16.0. The molecule has 0 unspecified atom stereocenters. The van der Waals surface area contributed by atoms with Crippen LogP contribution in [0.15, 0.2) is 0 Å². The maximum absolute atomic E-state index is 12.2. The third-order valence-corrected chi connectivity index (χ3v) is 4.03. The summed E-state index contributed by atoms with van der Waals surface area (Å²) in [5.41, 5.74) is -0.501. The molecule has 122 valence electrons. The smallest absolute Gasteiger partial charge is 0.410 e. The molecule has 0 spiro atoms. The van der Waals surface area contributed by atoms with Gasteiger partial charge in [0.1, 0.15) is 5.60 Å². The lowest BCUT2D eigenvalue weighted by atomic mass is 10.2. The molecular weight excluding hydrogens is 290 g/mol. The topological polar surface area (TPSA) is 53.1 Å². The molecule has 1 fully saturated rings. The Hall–Kier alpha value is -1.11. The monoisotopic (exact) mass is 317 g/mol. The van der Waals surface area contributed by atoms with Crippen molar-refractivity contribution < 1.29 is 14.3 Å². The highest BCUT2D eigenvalue weighted by molar-refractivity contribution is 7.99. The van der Waals surface area contributed by atoms with Gasteiger partial charge in [-0.25, -0.2) is 9.59 Å². The number of amides is 3. The maximum atomic E-state index is 12.2. The molecule has 0 aromatic rings. The van der Waals surface area contributed by atoms with Crippen LogP contribution in [0.2, 0.25) is 0 Å². The van der Waals surface area contributed by atoms with Crippen LogP contribution >= 0.6 is 11.8 Å². The molecule has 0 aromatic carbocycles. The predicted molar refractivity (Wildman–Crippen MR) is 85.8 cm³/mol. The van der Waals surface area contributed by atoms with Crippen molar-refractivity contribution in [3.63, 3.8) is 0 Å². The number of hydrogen-bond acceptors (Lipinski definition) is 4. The van der Waals surface area contributed by atoms with Gasteiger partial charge in [-0.05, 0) is 20.8 Å². The molecule has 0 saturated carbocycles. The van der Waals surface area contributed by atoms with E-state index in [1.807, 2.05) is 37.4 Å². The minimum atomic E-state index is -0.501. The van der Waals surface area contributed by atoms with E-state index in [-0.39, 0.29) is 12.1 Å². The standard InChI is InChI=1S/C14H27N3O3S/c1-14(2,3)20-13(19)16(5)7-6-15(4)12(18)17-8-10-21-11-9-17/h6-11H2,1-5H3. The van der Waals surface area contributed by atoms with Crippen molar-refractivity contribution in [2.24, 2.45) is 0 Å². The Morgan fingerprint density at radius 2 is 1.62 bits per heavy atom. The highest BCUT2D eigenvalue weighted by Gasteiger charge is 2.22. The highest BCUT2D eigenvalue weighted by Crippen LogP contribution is 2.11. The first kappa shape index (κ1) is 17.9. The summed E-state index contributed by atoms with van der Waals surface area (Å²) in [4.78, 5) is 29.1. The molecule has 0 aliphatic carbocycles. The zero-order valence-corrected chi connectivity index (χ0v) is 14.5. The first-order valence-electron chi connectivity index (χ1n) is 7.22. The van der Waals surface area contributed by atoms with Gasteiger partial charge in [-0.1, -0.05) is 0 Å². The number of carbonyl (C=O) groups is 2. The minimum absolute atomic E-state index is 0.0351. The molecule has 1 aliphatic heterocycles. The number of rotatable bonds is 3. The lowest BCUT2D eigenvalue weighted by Crippen LogP contribution is -2.47. The molecule has 1 heterocycles. The van der Waals surface area contributed by atoms with Crippen molar-refractivity contribution in [2.45, 2.75) is 26.4 Å². The summed E-state index contributed by atoms with van der Waals surface area (Å²) in [6.07, 6.45) is -0.363. The van der Waals surface area contributed by atoms with Crippen LogP contribution in [0.1, 0.15) is 20.8 Å². The second-order valence-corrected chi connectivity index (χ2v) is 7.43. The van der Waals surface area contributed by atoms with Crippen LogP contribution in [0.5, 0.6) is 0 Å². The fourth-order valence-electron chi connectivity index (χ4n) is 1.82. The largest absolute Gasteiger partial charge is 0.444 e. The van der Waals surface area contributed by atoms with Gasteiger partial charge in [-0.2, -0.15) is 11.8 Å². The summed E-state index contributed by atoms with van der Waals surface area (Å²) in [5.74, 6) is 1.99. The summed E-state index contributed by atoms with van der Waals surface area (Å²) in [6.45, 7) is 8.07. The molecule has 7 heteroatoms. The first-order valence-corrected chi connectivity index (χ1v) is 8.38. The van der Waals surface area contributed by atoms with Crippen LogP contribution in [0.3, 0.4) is 0 Å². The third-order valence-electron chi connectivity index (χ3n) is 3.08. The summed E-state index contributed by atoms with van der Waals surface area (Å²) in [6, 6.07) is 0.0351. The number of nitrogens with zero attached hydrogens (tertiary/aromatic N) is 3. The molecule has 0 radical (unpaired) electrons. The molecule has 0 N–H and O–H groups in total. The number of likely N-dealkylation sites (N-methyl/N-ethyl adjacent to an activating group) is 2. The quantitative estimate of drug-likeness (QED) is 0.798. The van der Waals surface area contributed by atoms with E-state index in [1.165, 1.54) is 4.90 Å². The van der Waals surface area contributed by atoms with Gasteiger partial charge in [0, 0.05) is 51.8 Å². The molecule has 0 bridgehead atoms. The Bertz CT molecular complexity index is 365. The third kappa shape index (κ3) is 6.46. The first-order chi connectivity index (χ1) is 9.70. The molecule has 3 amide bonds. The lowest BCUT2D eigenvalue weighted by Gasteiger charge is -2.31. The Balaban J connectivity index is 2.35. The number of hydrogen-bond donors (Lipinski definition) is 0.